The lowest BCUT2D eigenvalue weighted by atomic mass is 10.1. The molecule has 2 N–H and O–H groups in total. The minimum absolute atomic E-state index is 0.150. The lowest BCUT2D eigenvalue weighted by Crippen LogP contribution is -2.35. The number of nitrogens with one attached hydrogen (secondary N) is 2. The van der Waals surface area contributed by atoms with Gasteiger partial charge in [-0.05, 0) is 32.4 Å². The highest BCUT2D eigenvalue weighted by molar-refractivity contribution is 7.98. The molecule has 0 aliphatic rings. The lowest BCUT2D eigenvalue weighted by Gasteiger charge is -2.19. The van der Waals surface area contributed by atoms with Crippen LogP contribution in [0.25, 0.3) is 0 Å². The Morgan fingerprint density at radius 3 is 2.71 bits per heavy atom. The summed E-state index contributed by atoms with van der Waals surface area (Å²) in [5.74, 6) is 4.00. The van der Waals surface area contributed by atoms with Crippen molar-refractivity contribution in [1.82, 2.24) is 15.3 Å². The molecule has 0 aromatic carbocycles. The Hall–Kier alpha value is -0.480. The average molecular weight is 255 g/mol. The molecular formula is C13H25N3S. The fourth-order valence-corrected chi connectivity index (χ4v) is 2.25. The second-order valence-corrected chi connectivity index (χ2v) is 6.90. The van der Waals surface area contributed by atoms with E-state index in [1.54, 1.807) is 0 Å². The smallest absolute Gasteiger partial charge is 0.116 e. The van der Waals surface area contributed by atoms with Gasteiger partial charge in [0.1, 0.15) is 5.82 Å². The first-order chi connectivity index (χ1) is 7.87. The Morgan fingerprint density at radius 2 is 2.12 bits per heavy atom. The van der Waals surface area contributed by atoms with Crippen LogP contribution < -0.4 is 5.32 Å². The summed E-state index contributed by atoms with van der Waals surface area (Å²) in [4.78, 5) is 7.76. The van der Waals surface area contributed by atoms with Crippen LogP contribution in [-0.4, -0.2) is 21.3 Å². The average Bonchev–Trinajstić information content (AvgIpc) is 2.61. The first kappa shape index (κ1) is 14.6. The van der Waals surface area contributed by atoms with E-state index < -0.39 is 0 Å². The summed E-state index contributed by atoms with van der Waals surface area (Å²) in [6.45, 7) is 11.8. The minimum Gasteiger partial charge on any atom is -0.344 e. The van der Waals surface area contributed by atoms with Crippen molar-refractivity contribution >= 4 is 11.8 Å². The van der Waals surface area contributed by atoms with Crippen molar-refractivity contribution < 1.29 is 0 Å². The lowest BCUT2D eigenvalue weighted by molar-refractivity contribution is 0.421. The van der Waals surface area contributed by atoms with Gasteiger partial charge < -0.3 is 10.3 Å². The molecule has 1 heterocycles. The predicted molar refractivity (Wildman–Crippen MR) is 76.2 cm³/mol. The van der Waals surface area contributed by atoms with E-state index >= 15 is 0 Å². The molecule has 0 bridgehead atoms. The van der Waals surface area contributed by atoms with Gasteiger partial charge in [0, 0.05) is 24.0 Å². The quantitative estimate of drug-likeness (QED) is 0.820. The van der Waals surface area contributed by atoms with Crippen molar-refractivity contribution in [1.29, 1.82) is 0 Å². The Balaban J connectivity index is 2.32. The van der Waals surface area contributed by atoms with Crippen molar-refractivity contribution in [3.05, 3.63) is 17.7 Å². The Morgan fingerprint density at radius 1 is 1.41 bits per heavy atom. The number of imidazole rings is 1. The number of aromatic amines is 1. The molecule has 4 heteroatoms. The normalized spacial score (nSPS) is 12.4. The molecule has 0 aliphatic heterocycles. The minimum atomic E-state index is 0.150. The highest BCUT2D eigenvalue weighted by Crippen LogP contribution is 2.13. The van der Waals surface area contributed by atoms with E-state index in [0.717, 1.165) is 24.0 Å². The fourth-order valence-electron chi connectivity index (χ4n) is 1.32. The summed E-state index contributed by atoms with van der Waals surface area (Å²) in [7, 11) is 0. The number of nitrogens with zero attached hydrogens (tertiary/aromatic N) is 1. The maximum atomic E-state index is 4.40. The van der Waals surface area contributed by atoms with Crippen LogP contribution in [0.4, 0.5) is 0 Å². The largest absolute Gasteiger partial charge is 0.344 e. The van der Waals surface area contributed by atoms with Gasteiger partial charge in [-0.3, -0.25) is 0 Å². The second-order valence-electron chi connectivity index (χ2n) is 5.87. The van der Waals surface area contributed by atoms with Crippen molar-refractivity contribution in [3.8, 4) is 0 Å². The molecule has 3 nitrogen and oxygen atoms in total. The maximum Gasteiger partial charge on any atom is 0.116 e. The van der Waals surface area contributed by atoms with Gasteiger partial charge in [0.2, 0.25) is 0 Å². The molecule has 0 aliphatic carbocycles. The van der Waals surface area contributed by atoms with E-state index in [2.05, 4.69) is 49.9 Å². The first-order valence-electron chi connectivity index (χ1n) is 6.22. The Bertz CT molecular complexity index is 326. The molecule has 0 unspecified atom stereocenters. The highest BCUT2D eigenvalue weighted by Gasteiger charge is 2.09. The molecule has 0 radical (unpaired) electrons. The van der Waals surface area contributed by atoms with Gasteiger partial charge in [-0.15, -0.1) is 0 Å². The third-order valence-corrected chi connectivity index (χ3v) is 3.56. The molecule has 0 fully saturated rings. The summed E-state index contributed by atoms with van der Waals surface area (Å²) in [5, 5.41) is 3.45. The van der Waals surface area contributed by atoms with E-state index in [1.807, 2.05) is 18.0 Å². The van der Waals surface area contributed by atoms with E-state index in [4.69, 9.17) is 0 Å². The highest BCUT2D eigenvalue weighted by atomic mass is 32.2. The van der Waals surface area contributed by atoms with Gasteiger partial charge in [0.05, 0.1) is 5.75 Å². The summed E-state index contributed by atoms with van der Waals surface area (Å²) >= 11 is 1.94. The van der Waals surface area contributed by atoms with Gasteiger partial charge >= 0.3 is 0 Å². The molecule has 1 rings (SSSR count). The van der Waals surface area contributed by atoms with Gasteiger partial charge in [0.25, 0.3) is 0 Å². The number of H-pyrrole nitrogens is 1. The van der Waals surface area contributed by atoms with Crippen LogP contribution in [0.15, 0.2) is 6.20 Å². The number of rotatable bonds is 6. The molecule has 0 amide bonds. The van der Waals surface area contributed by atoms with Gasteiger partial charge in [-0.25, -0.2) is 4.98 Å². The molecule has 98 valence electrons. The monoisotopic (exact) mass is 255 g/mol. The van der Waals surface area contributed by atoms with Crippen LogP contribution in [0.2, 0.25) is 0 Å². The first-order valence-corrected chi connectivity index (χ1v) is 7.38. The van der Waals surface area contributed by atoms with Crippen molar-refractivity contribution in [3.63, 3.8) is 0 Å². The summed E-state index contributed by atoms with van der Waals surface area (Å²) < 4.78 is 0. The molecular weight excluding hydrogens is 230 g/mol. The summed E-state index contributed by atoms with van der Waals surface area (Å²) in [5.41, 5.74) is 1.32. The van der Waals surface area contributed by atoms with Crippen molar-refractivity contribution in [2.24, 2.45) is 5.92 Å². The zero-order valence-corrected chi connectivity index (χ0v) is 12.4. The van der Waals surface area contributed by atoms with Crippen LogP contribution >= 0.6 is 11.8 Å². The van der Waals surface area contributed by atoms with Crippen LogP contribution in [0.5, 0.6) is 0 Å². The SMILES string of the molecule is CC(C)CSCc1ncc(CNC(C)(C)C)[nH]1. The van der Waals surface area contributed by atoms with Gasteiger partial charge in [-0.2, -0.15) is 11.8 Å². The number of thioether (sulfide) groups is 1. The number of hydrogen-bond donors (Lipinski definition) is 2. The van der Waals surface area contributed by atoms with Crippen molar-refractivity contribution in [2.45, 2.75) is 52.5 Å². The van der Waals surface area contributed by atoms with E-state index in [0.29, 0.717) is 0 Å². The van der Waals surface area contributed by atoms with E-state index in [-0.39, 0.29) is 5.54 Å². The zero-order chi connectivity index (χ0) is 12.9. The summed E-state index contributed by atoms with van der Waals surface area (Å²) in [6, 6.07) is 0. The number of hydrogen-bond acceptors (Lipinski definition) is 3. The molecule has 0 saturated heterocycles. The third-order valence-electron chi connectivity index (χ3n) is 2.18. The molecule has 0 spiro atoms. The van der Waals surface area contributed by atoms with E-state index in [9.17, 15) is 0 Å². The van der Waals surface area contributed by atoms with Gasteiger partial charge in [0.15, 0.2) is 0 Å². The fraction of sp³-hybridized carbons (Fsp3) is 0.769. The van der Waals surface area contributed by atoms with Crippen molar-refractivity contribution in [2.75, 3.05) is 5.75 Å². The van der Waals surface area contributed by atoms with Crippen LogP contribution in [0.3, 0.4) is 0 Å². The number of aromatic nitrogens is 2. The molecule has 17 heavy (non-hydrogen) atoms. The Kier molecular flexibility index (Phi) is 5.53. The molecule has 0 atom stereocenters. The van der Waals surface area contributed by atoms with Gasteiger partial charge in [-0.1, -0.05) is 13.8 Å². The maximum absolute atomic E-state index is 4.40. The third kappa shape index (κ3) is 6.74. The van der Waals surface area contributed by atoms with Crippen LogP contribution in [0.1, 0.15) is 46.1 Å². The predicted octanol–water partition coefficient (Wildman–Crippen LogP) is 3.19. The zero-order valence-electron chi connectivity index (χ0n) is 11.6. The van der Waals surface area contributed by atoms with E-state index in [1.165, 1.54) is 11.4 Å². The Labute approximate surface area is 109 Å². The molecule has 1 aromatic rings. The van der Waals surface area contributed by atoms with Crippen LogP contribution in [0, 0.1) is 5.92 Å². The summed E-state index contributed by atoms with van der Waals surface area (Å²) in [6.07, 6.45) is 1.93. The topological polar surface area (TPSA) is 40.7 Å². The second kappa shape index (κ2) is 6.45. The molecule has 0 saturated carbocycles. The molecule has 1 aromatic heterocycles. The standard InChI is InChI=1S/C13H25N3S/c1-10(2)8-17-9-12-14-6-11(16-12)7-15-13(3,4)5/h6,10,15H,7-9H2,1-5H3,(H,14,16). The van der Waals surface area contributed by atoms with Crippen LogP contribution in [-0.2, 0) is 12.3 Å².